The van der Waals surface area contributed by atoms with E-state index in [4.69, 9.17) is 0 Å². The predicted octanol–water partition coefficient (Wildman–Crippen LogP) is 0.909. The number of fused-ring (bicyclic) bond motifs is 1. The first kappa shape index (κ1) is 18.4. The van der Waals surface area contributed by atoms with Crippen LogP contribution in [0.5, 0.6) is 0 Å². The zero-order valence-corrected chi connectivity index (χ0v) is 15.7. The van der Waals surface area contributed by atoms with Crippen molar-refractivity contribution in [2.75, 3.05) is 0 Å². The predicted molar refractivity (Wildman–Crippen MR) is 99.0 cm³/mol. The molecule has 0 aliphatic heterocycles. The van der Waals surface area contributed by atoms with Crippen LogP contribution in [0.25, 0.3) is 11.2 Å². The lowest BCUT2D eigenvalue weighted by Crippen LogP contribution is -2.38. The lowest BCUT2D eigenvalue weighted by Gasteiger charge is -2.26. The maximum atomic E-state index is 12.4. The second-order valence-electron chi connectivity index (χ2n) is 7.44. The summed E-state index contributed by atoms with van der Waals surface area (Å²) in [7, 11) is 3.06. The normalized spacial score (nSPS) is 20.4. The number of nitrogens with one attached hydrogen (secondary N) is 1. The molecule has 1 aliphatic rings. The number of nitrogens with zero attached hydrogens (tertiary/aromatic N) is 4. The van der Waals surface area contributed by atoms with E-state index in [1.807, 2.05) is 0 Å². The van der Waals surface area contributed by atoms with Gasteiger partial charge < -0.3 is 9.88 Å². The average molecular weight is 361 g/mol. The van der Waals surface area contributed by atoms with E-state index >= 15 is 0 Å². The van der Waals surface area contributed by atoms with E-state index < -0.39 is 5.69 Å². The average Bonchev–Trinajstić information content (AvgIpc) is 3.04. The molecular formula is C18H27N5O3. The Morgan fingerprint density at radius 2 is 1.88 bits per heavy atom. The molecule has 26 heavy (non-hydrogen) atoms. The highest BCUT2D eigenvalue weighted by atomic mass is 16.2. The van der Waals surface area contributed by atoms with Crippen molar-refractivity contribution in [2.24, 2.45) is 20.0 Å². The number of carbonyl (C=O) groups excluding carboxylic acids is 1. The molecule has 0 atom stereocenters. The van der Waals surface area contributed by atoms with Crippen LogP contribution in [0.1, 0.15) is 45.4 Å². The molecule has 1 aliphatic carbocycles. The molecule has 2 aromatic rings. The first-order chi connectivity index (χ1) is 12.4. The molecule has 8 nitrogen and oxygen atoms in total. The van der Waals surface area contributed by atoms with Crippen LogP contribution in [0.4, 0.5) is 0 Å². The van der Waals surface area contributed by atoms with E-state index in [9.17, 15) is 14.4 Å². The van der Waals surface area contributed by atoms with Crippen molar-refractivity contribution in [2.45, 2.75) is 58.0 Å². The van der Waals surface area contributed by atoms with Crippen LogP contribution in [0.3, 0.4) is 0 Å². The van der Waals surface area contributed by atoms with Gasteiger partial charge in [-0.05, 0) is 38.0 Å². The number of amides is 1. The zero-order chi connectivity index (χ0) is 18.8. The highest BCUT2D eigenvalue weighted by Gasteiger charge is 2.19. The second kappa shape index (κ2) is 7.47. The summed E-state index contributed by atoms with van der Waals surface area (Å²) in [6.07, 6.45) is 7.06. The zero-order valence-electron chi connectivity index (χ0n) is 15.7. The van der Waals surface area contributed by atoms with E-state index in [1.165, 1.54) is 24.5 Å². The van der Waals surface area contributed by atoms with Crippen LogP contribution < -0.4 is 16.6 Å². The molecule has 0 saturated heterocycles. The van der Waals surface area contributed by atoms with Crippen LogP contribution in [0.15, 0.2) is 15.9 Å². The first-order valence-electron chi connectivity index (χ1n) is 9.28. The Labute approximate surface area is 151 Å². The molecule has 0 aromatic carbocycles. The molecule has 8 heteroatoms. The van der Waals surface area contributed by atoms with Crippen LogP contribution in [-0.2, 0) is 25.4 Å². The number of carbonyl (C=O) groups is 1. The van der Waals surface area contributed by atoms with E-state index in [2.05, 4.69) is 17.2 Å². The van der Waals surface area contributed by atoms with Gasteiger partial charge in [0, 0.05) is 33.1 Å². The minimum Gasteiger partial charge on any atom is -0.353 e. The van der Waals surface area contributed by atoms with Crippen molar-refractivity contribution in [1.82, 2.24) is 24.0 Å². The number of rotatable bonds is 5. The molecule has 2 aromatic heterocycles. The maximum absolute atomic E-state index is 12.4. The molecule has 1 fully saturated rings. The van der Waals surface area contributed by atoms with Gasteiger partial charge in [-0.15, -0.1) is 0 Å². The summed E-state index contributed by atoms with van der Waals surface area (Å²) in [5.41, 5.74) is 0.0189. The van der Waals surface area contributed by atoms with E-state index in [0.29, 0.717) is 36.6 Å². The molecule has 0 radical (unpaired) electrons. The summed E-state index contributed by atoms with van der Waals surface area (Å²) in [6.45, 7) is 2.77. The summed E-state index contributed by atoms with van der Waals surface area (Å²) >= 11 is 0. The molecule has 142 valence electrons. The topological polar surface area (TPSA) is 90.9 Å². The molecule has 1 saturated carbocycles. The van der Waals surface area contributed by atoms with Gasteiger partial charge in [-0.2, -0.15) is 0 Å². The lowest BCUT2D eigenvalue weighted by atomic mass is 9.87. The number of aryl methyl sites for hydroxylation is 2. The minimum absolute atomic E-state index is 0.0641. The lowest BCUT2D eigenvalue weighted by molar-refractivity contribution is -0.122. The van der Waals surface area contributed by atoms with Crippen molar-refractivity contribution in [3.63, 3.8) is 0 Å². The number of hydrogen-bond donors (Lipinski definition) is 1. The van der Waals surface area contributed by atoms with Gasteiger partial charge in [0.25, 0.3) is 5.56 Å². The molecule has 1 N–H and O–H groups in total. The fourth-order valence-corrected chi connectivity index (χ4v) is 3.68. The van der Waals surface area contributed by atoms with Gasteiger partial charge in [0.15, 0.2) is 11.2 Å². The third-order valence-electron chi connectivity index (χ3n) is 5.40. The van der Waals surface area contributed by atoms with E-state index in [1.54, 1.807) is 17.9 Å². The SMILES string of the molecule is CC1CCC(NC(=O)CCCn2cnc3c2c(=O)n(C)c(=O)n3C)CC1. The summed E-state index contributed by atoms with van der Waals surface area (Å²) in [5.74, 6) is 0.825. The van der Waals surface area contributed by atoms with Crippen molar-refractivity contribution in [3.05, 3.63) is 27.2 Å². The smallest absolute Gasteiger partial charge is 0.332 e. The van der Waals surface area contributed by atoms with Gasteiger partial charge >= 0.3 is 5.69 Å². The highest BCUT2D eigenvalue weighted by molar-refractivity contribution is 5.76. The van der Waals surface area contributed by atoms with Gasteiger partial charge in [0.05, 0.1) is 6.33 Å². The first-order valence-corrected chi connectivity index (χ1v) is 9.28. The molecule has 0 spiro atoms. The summed E-state index contributed by atoms with van der Waals surface area (Å²) in [4.78, 5) is 40.7. The number of hydrogen-bond acceptors (Lipinski definition) is 4. The van der Waals surface area contributed by atoms with Crippen molar-refractivity contribution in [1.29, 1.82) is 0 Å². The number of imidazole rings is 1. The maximum Gasteiger partial charge on any atom is 0.332 e. The minimum atomic E-state index is -0.395. The molecule has 0 bridgehead atoms. The van der Waals surface area contributed by atoms with Gasteiger partial charge in [0.1, 0.15) is 0 Å². The van der Waals surface area contributed by atoms with Crippen molar-refractivity contribution in [3.8, 4) is 0 Å². The van der Waals surface area contributed by atoms with Gasteiger partial charge in [-0.25, -0.2) is 9.78 Å². The van der Waals surface area contributed by atoms with Gasteiger partial charge in [0.2, 0.25) is 5.91 Å². The molecule has 3 rings (SSSR count). The largest absolute Gasteiger partial charge is 0.353 e. The van der Waals surface area contributed by atoms with Crippen LogP contribution in [0, 0.1) is 5.92 Å². The quantitative estimate of drug-likeness (QED) is 0.857. The Hall–Kier alpha value is -2.38. The third-order valence-corrected chi connectivity index (χ3v) is 5.40. The molecule has 0 unspecified atom stereocenters. The second-order valence-corrected chi connectivity index (χ2v) is 7.44. The Bertz CT molecular complexity index is 915. The Morgan fingerprint density at radius 1 is 1.19 bits per heavy atom. The Kier molecular flexibility index (Phi) is 5.29. The van der Waals surface area contributed by atoms with Crippen molar-refractivity contribution < 1.29 is 4.79 Å². The van der Waals surface area contributed by atoms with Gasteiger partial charge in [-0.3, -0.25) is 18.7 Å². The van der Waals surface area contributed by atoms with Crippen LogP contribution >= 0.6 is 0 Å². The summed E-state index contributed by atoms with van der Waals surface area (Å²) < 4.78 is 4.17. The third kappa shape index (κ3) is 3.59. The monoisotopic (exact) mass is 361 g/mol. The van der Waals surface area contributed by atoms with Crippen molar-refractivity contribution >= 4 is 17.1 Å². The van der Waals surface area contributed by atoms with Crippen LogP contribution in [0.2, 0.25) is 0 Å². The van der Waals surface area contributed by atoms with Crippen LogP contribution in [-0.4, -0.2) is 30.6 Å². The van der Waals surface area contributed by atoms with Gasteiger partial charge in [-0.1, -0.05) is 6.92 Å². The summed E-state index contributed by atoms with van der Waals surface area (Å²) in [6, 6.07) is 0.301. The molecule has 1 amide bonds. The fourth-order valence-electron chi connectivity index (χ4n) is 3.68. The molecular weight excluding hydrogens is 334 g/mol. The Morgan fingerprint density at radius 3 is 2.58 bits per heavy atom. The van der Waals surface area contributed by atoms with E-state index in [-0.39, 0.29) is 11.5 Å². The van der Waals surface area contributed by atoms with E-state index in [0.717, 1.165) is 23.3 Å². The fraction of sp³-hybridized carbons (Fsp3) is 0.667. The number of aromatic nitrogens is 4. The Balaban J connectivity index is 1.61. The molecule has 2 heterocycles. The highest BCUT2D eigenvalue weighted by Crippen LogP contribution is 2.23. The standard InChI is InChI=1S/C18H27N5O3/c1-12-6-8-13(9-7-12)20-14(24)5-4-10-23-11-19-16-15(23)17(25)22(3)18(26)21(16)2/h11-13H,4-10H2,1-3H3,(H,20,24). The summed E-state index contributed by atoms with van der Waals surface area (Å²) in [5, 5.41) is 3.12.